The Balaban J connectivity index is 2.36. The maximum atomic E-state index is 13.9. The van der Waals surface area contributed by atoms with Gasteiger partial charge in [0, 0.05) is 16.8 Å². The van der Waals surface area contributed by atoms with Crippen LogP contribution in [0.3, 0.4) is 0 Å². The van der Waals surface area contributed by atoms with Gasteiger partial charge in [0.05, 0.1) is 5.56 Å². The van der Waals surface area contributed by atoms with Crippen LogP contribution in [0.4, 0.5) is 13.2 Å². The summed E-state index contributed by atoms with van der Waals surface area (Å²) >= 11 is 0. The second kappa shape index (κ2) is 6.25. The molecule has 0 atom stereocenters. The lowest BCUT2D eigenvalue weighted by molar-refractivity contribution is -0.136. The molecule has 1 aromatic heterocycles. The third-order valence-corrected chi connectivity index (χ3v) is 6.63. The van der Waals surface area contributed by atoms with Gasteiger partial charge in [-0.2, -0.15) is 13.2 Å². The second-order valence-corrected chi connectivity index (χ2v) is 7.83. The lowest BCUT2D eigenvalue weighted by Crippen LogP contribution is -2.32. The van der Waals surface area contributed by atoms with Gasteiger partial charge in [0.25, 0.3) is 0 Å². The molecule has 0 aliphatic rings. The van der Waals surface area contributed by atoms with Gasteiger partial charge in [-0.25, -0.2) is 0 Å². The molecule has 0 unspecified atom stereocenters. The number of rotatable bonds is 3. The molecule has 0 radical (unpaired) electrons. The van der Waals surface area contributed by atoms with Crippen LogP contribution < -0.4 is 16.0 Å². The molecule has 122 valence electrons. The molecule has 3 rings (SSSR count). The Kier molecular flexibility index (Phi) is 4.29. The predicted molar refractivity (Wildman–Crippen MR) is 88.6 cm³/mol. The Bertz CT molecular complexity index is 836. The van der Waals surface area contributed by atoms with Crippen LogP contribution in [0.5, 0.6) is 0 Å². The molecule has 1 heterocycles. The van der Waals surface area contributed by atoms with Crippen molar-refractivity contribution in [3.63, 3.8) is 0 Å². The lowest BCUT2D eigenvalue weighted by Gasteiger charge is -2.22. The molecule has 0 aliphatic heterocycles. The van der Waals surface area contributed by atoms with Gasteiger partial charge < -0.3 is 4.57 Å². The molecule has 0 spiro atoms. The van der Waals surface area contributed by atoms with Gasteiger partial charge in [0.2, 0.25) is 0 Å². The number of pyridine rings is 1. The summed E-state index contributed by atoms with van der Waals surface area (Å²) in [5.74, 6) is 0. The van der Waals surface area contributed by atoms with E-state index in [-0.39, 0.29) is 0 Å². The summed E-state index contributed by atoms with van der Waals surface area (Å²) in [5, 5.41) is 0.640. The molecule has 0 saturated carbocycles. The molecule has 24 heavy (non-hydrogen) atoms. The van der Waals surface area contributed by atoms with E-state index >= 15 is 0 Å². The summed E-state index contributed by atoms with van der Waals surface area (Å²) in [6, 6.07) is 18.5. The number of aromatic nitrogens is 1. The molecule has 0 saturated heterocycles. The van der Waals surface area contributed by atoms with Crippen molar-refractivity contribution in [2.45, 2.75) is 6.18 Å². The Morgan fingerprint density at radius 1 is 0.750 bits per heavy atom. The van der Waals surface area contributed by atoms with Crippen LogP contribution in [0.2, 0.25) is 0 Å². The highest BCUT2D eigenvalue weighted by Gasteiger charge is 2.42. The van der Waals surface area contributed by atoms with Crippen LogP contribution in [0.15, 0.2) is 79.0 Å². The zero-order valence-electron chi connectivity index (χ0n) is 12.4. The van der Waals surface area contributed by atoms with E-state index in [2.05, 4.69) is 4.98 Å². The van der Waals surface area contributed by atoms with Crippen LogP contribution >= 0.6 is 7.14 Å². The van der Waals surface area contributed by atoms with E-state index < -0.39 is 24.3 Å². The van der Waals surface area contributed by atoms with E-state index in [9.17, 15) is 17.7 Å². The molecular weight excluding hydrogens is 334 g/mol. The Morgan fingerprint density at radius 2 is 1.25 bits per heavy atom. The standard InChI is InChI=1S/C18H13F3NOP/c19-18(20,21)16-12-7-13-22-17(16)24(23,14-8-3-1-4-9-14)15-10-5-2-6-11-15/h1-13H. The van der Waals surface area contributed by atoms with Gasteiger partial charge in [0.15, 0.2) is 7.14 Å². The molecule has 2 nitrogen and oxygen atoms in total. The zero-order valence-corrected chi connectivity index (χ0v) is 13.3. The maximum absolute atomic E-state index is 13.9. The van der Waals surface area contributed by atoms with Crippen LogP contribution in [0.1, 0.15) is 5.56 Å². The van der Waals surface area contributed by atoms with Gasteiger partial charge in [-0.15, -0.1) is 0 Å². The quantitative estimate of drug-likeness (QED) is 0.676. The maximum Gasteiger partial charge on any atom is 0.418 e. The first-order valence-electron chi connectivity index (χ1n) is 7.18. The van der Waals surface area contributed by atoms with Gasteiger partial charge in [-0.3, -0.25) is 4.98 Å². The van der Waals surface area contributed by atoms with Crippen molar-refractivity contribution in [1.82, 2.24) is 4.98 Å². The largest absolute Gasteiger partial charge is 0.418 e. The summed E-state index contributed by atoms with van der Waals surface area (Å²) < 4.78 is 54.3. The summed E-state index contributed by atoms with van der Waals surface area (Å²) in [6.45, 7) is 0. The predicted octanol–water partition coefficient (Wildman–Crippen LogP) is 3.74. The first-order valence-corrected chi connectivity index (χ1v) is 8.89. The minimum absolute atomic E-state index is 0.320. The van der Waals surface area contributed by atoms with Crippen LogP contribution in [-0.4, -0.2) is 4.98 Å². The lowest BCUT2D eigenvalue weighted by atomic mass is 10.3. The molecule has 0 N–H and O–H groups in total. The average molecular weight is 347 g/mol. The monoisotopic (exact) mass is 347 g/mol. The minimum Gasteiger partial charge on any atom is -0.307 e. The number of hydrogen-bond acceptors (Lipinski definition) is 2. The van der Waals surface area contributed by atoms with Gasteiger partial charge in [-0.1, -0.05) is 60.7 Å². The average Bonchev–Trinajstić information content (AvgIpc) is 2.62. The van der Waals surface area contributed by atoms with E-state index in [1.54, 1.807) is 60.7 Å². The number of hydrogen-bond donors (Lipinski definition) is 0. The van der Waals surface area contributed by atoms with Gasteiger partial charge >= 0.3 is 6.18 Å². The van der Waals surface area contributed by atoms with Crippen LogP contribution in [0, 0.1) is 0 Å². The summed E-state index contributed by atoms with van der Waals surface area (Å²) in [4.78, 5) is 3.89. The molecule has 3 aromatic rings. The van der Waals surface area contributed by atoms with Crippen molar-refractivity contribution in [1.29, 1.82) is 0 Å². The molecule has 6 heteroatoms. The molecule has 0 amide bonds. The third kappa shape index (κ3) is 2.87. The van der Waals surface area contributed by atoms with Gasteiger partial charge in [-0.05, 0) is 12.1 Å². The van der Waals surface area contributed by atoms with Crippen molar-refractivity contribution >= 4 is 23.2 Å². The van der Waals surface area contributed by atoms with Crippen molar-refractivity contribution in [2.75, 3.05) is 0 Å². The Hall–Kier alpha value is -2.39. The first kappa shape index (κ1) is 16.5. The first-order chi connectivity index (χ1) is 11.4. The molecule has 0 bridgehead atoms. The summed E-state index contributed by atoms with van der Waals surface area (Å²) in [5.41, 5.74) is -1.41. The summed E-state index contributed by atoms with van der Waals surface area (Å²) in [7, 11) is -3.74. The number of halogens is 3. The van der Waals surface area contributed by atoms with E-state index in [1.807, 2.05) is 0 Å². The second-order valence-electron chi connectivity index (χ2n) is 5.15. The van der Waals surface area contributed by atoms with E-state index in [0.717, 1.165) is 6.07 Å². The highest BCUT2D eigenvalue weighted by molar-refractivity contribution is 7.85. The Labute approximate surface area is 137 Å². The smallest absolute Gasteiger partial charge is 0.307 e. The fourth-order valence-corrected chi connectivity index (χ4v) is 5.28. The third-order valence-electron chi connectivity index (χ3n) is 3.63. The van der Waals surface area contributed by atoms with Crippen molar-refractivity contribution in [3.8, 4) is 0 Å². The normalized spacial score (nSPS) is 12.1. The Morgan fingerprint density at radius 3 is 1.71 bits per heavy atom. The molecule has 0 fully saturated rings. The number of nitrogens with zero attached hydrogens (tertiary/aromatic N) is 1. The fourth-order valence-electron chi connectivity index (χ4n) is 2.54. The number of benzene rings is 2. The zero-order chi connectivity index (χ0) is 17.2. The van der Waals surface area contributed by atoms with Crippen molar-refractivity contribution in [3.05, 3.63) is 84.6 Å². The SMILES string of the molecule is O=P(c1ccccc1)(c1ccccc1)c1ncccc1C(F)(F)F. The van der Waals surface area contributed by atoms with Crippen LogP contribution in [0.25, 0.3) is 0 Å². The van der Waals surface area contributed by atoms with E-state index in [0.29, 0.717) is 10.6 Å². The fraction of sp³-hybridized carbons (Fsp3) is 0.0556. The van der Waals surface area contributed by atoms with Crippen LogP contribution in [-0.2, 0) is 10.7 Å². The highest BCUT2D eigenvalue weighted by Crippen LogP contribution is 2.45. The van der Waals surface area contributed by atoms with Crippen molar-refractivity contribution in [2.24, 2.45) is 0 Å². The van der Waals surface area contributed by atoms with Gasteiger partial charge in [0.1, 0.15) is 5.44 Å². The molecular formula is C18H13F3NOP. The highest BCUT2D eigenvalue weighted by atomic mass is 31.2. The van der Waals surface area contributed by atoms with E-state index in [1.165, 1.54) is 12.3 Å². The number of alkyl halides is 3. The minimum atomic E-state index is -4.64. The molecule has 2 aromatic carbocycles. The van der Waals surface area contributed by atoms with E-state index in [4.69, 9.17) is 0 Å². The molecule has 0 aliphatic carbocycles. The topological polar surface area (TPSA) is 30.0 Å². The summed E-state index contributed by atoms with van der Waals surface area (Å²) in [6.07, 6.45) is -3.40. The van der Waals surface area contributed by atoms with Crippen molar-refractivity contribution < 1.29 is 17.7 Å².